The van der Waals surface area contributed by atoms with Crippen molar-refractivity contribution >= 4 is 35.0 Å². The first-order valence-electron chi connectivity index (χ1n) is 11.7. The molecule has 0 fully saturated rings. The predicted octanol–water partition coefficient (Wildman–Crippen LogP) is 5.88. The molecule has 2 aromatic carbocycles. The number of carbonyl (C=O) groups is 2. The lowest BCUT2D eigenvalue weighted by molar-refractivity contribution is -0.141. The molecule has 186 valence electrons. The second-order valence-electron chi connectivity index (χ2n) is 7.95. The molecule has 1 unspecified atom stereocenters. The van der Waals surface area contributed by atoms with E-state index >= 15 is 0 Å². The van der Waals surface area contributed by atoms with E-state index in [0.717, 1.165) is 24.2 Å². The summed E-state index contributed by atoms with van der Waals surface area (Å²) in [4.78, 5) is 27.8. The Balaban J connectivity index is 2.06. The number of unbranched alkanes of at least 4 members (excludes halogenated alkanes) is 1. The van der Waals surface area contributed by atoms with Crippen molar-refractivity contribution in [2.24, 2.45) is 0 Å². The molecule has 0 bridgehead atoms. The van der Waals surface area contributed by atoms with Gasteiger partial charge in [0.1, 0.15) is 17.5 Å². The Bertz CT molecular complexity index is 922. The van der Waals surface area contributed by atoms with Gasteiger partial charge in [-0.2, -0.15) is 0 Å². The highest BCUT2D eigenvalue weighted by molar-refractivity contribution is 6.35. The van der Waals surface area contributed by atoms with Gasteiger partial charge in [0.2, 0.25) is 11.8 Å². The third-order valence-electron chi connectivity index (χ3n) is 5.43. The molecular formula is C26H34Cl2N2O4. The summed E-state index contributed by atoms with van der Waals surface area (Å²) in [7, 11) is 1.61. The summed E-state index contributed by atoms with van der Waals surface area (Å²) in [6.45, 7) is 5.17. The summed E-state index contributed by atoms with van der Waals surface area (Å²) >= 11 is 12.4. The normalized spacial score (nSPS) is 11.6. The average Bonchev–Trinajstić information content (AvgIpc) is 2.83. The highest BCUT2D eigenvalue weighted by atomic mass is 35.5. The fraction of sp³-hybridized carbons (Fsp3) is 0.462. The fourth-order valence-electron chi connectivity index (χ4n) is 3.49. The molecule has 0 spiro atoms. The molecule has 0 saturated heterocycles. The first kappa shape index (κ1) is 27.8. The summed E-state index contributed by atoms with van der Waals surface area (Å²) in [5, 5.41) is 3.94. The van der Waals surface area contributed by atoms with Crippen LogP contribution in [0.4, 0.5) is 0 Å². The van der Waals surface area contributed by atoms with Crippen LogP contribution in [0.3, 0.4) is 0 Å². The van der Waals surface area contributed by atoms with E-state index in [1.165, 1.54) is 0 Å². The molecule has 1 atom stereocenters. The van der Waals surface area contributed by atoms with Crippen LogP contribution in [0.5, 0.6) is 11.5 Å². The SMILES string of the molecule is CCCCNC(=O)C(CC)N(Cc1ccc(Cl)cc1Cl)C(=O)CCCOc1ccc(OC)cc1. The van der Waals surface area contributed by atoms with E-state index in [0.29, 0.717) is 41.8 Å². The van der Waals surface area contributed by atoms with E-state index in [4.69, 9.17) is 32.7 Å². The summed E-state index contributed by atoms with van der Waals surface area (Å²) in [6.07, 6.45) is 3.14. The standard InChI is InChI=1S/C26H34Cl2N2O4/c1-4-6-15-29-26(32)24(5-2)30(18-19-9-10-20(27)17-23(19)28)25(31)8-7-16-34-22-13-11-21(33-3)12-14-22/h9-14,17,24H,4-8,15-16,18H2,1-3H3,(H,29,32). The Morgan fingerprint density at radius 3 is 2.35 bits per heavy atom. The molecule has 0 aliphatic heterocycles. The fourth-order valence-corrected chi connectivity index (χ4v) is 3.96. The van der Waals surface area contributed by atoms with Crippen molar-refractivity contribution in [2.75, 3.05) is 20.3 Å². The molecule has 2 aromatic rings. The smallest absolute Gasteiger partial charge is 0.242 e. The van der Waals surface area contributed by atoms with Gasteiger partial charge in [-0.15, -0.1) is 0 Å². The number of carbonyl (C=O) groups excluding carboxylic acids is 2. The number of rotatable bonds is 14. The topological polar surface area (TPSA) is 67.9 Å². The summed E-state index contributed by atoms with van der Waals surface area (Å²) in [6, 6.07) is 11.9. The van der Waals surface area contributed by atoms with E-state index in [-0.39, 0.29) is 24.8 Å². The molecule has 0 aromatic heterocycles. The number of nitrogens with one attached hydrogen (secondary N) is 1. The van der Waals surface area contributed by atoms with Gasteiger partial charge < -0.3 is 19.7 Å². The van der Waals surface area contributed by atoms with Crippen molar-refractivity contribution in [2.45, 2.75) is 58.5 Å². The maximum absolute atomic E-state index is 13.3. The van der Waals surface area contributed by atoms with Gasteiger partial charge in [0.15, 0.2) is 0 Å². The molecule has 0 heterocycles. The summed E-state index contributed by atoms with van der Waals surface area (Å²) in [5.74, 6) is 1.19. The van der Waals surface area contributed by atoms with Gasteiger partial charge in [0.05, 0.1) is 13.7 Å². The number of methoxy groups -OCH3 is 1. The quantitative estimate of drug-likeness (QED) is 0.323. The average molecular weight is 509 g/mol. The zero-order valence-corrected chi connectivity index (χ0v) is 21.6. The highest BCUT2D eigenvalue weighted by Gasteiger charge is 2.28. The van der Waals surface area contributed by atoms with Crippen molar-refractivity contribution in [3.8, 4) is 11.5 Å². The second-order valence-corrected chi connectivity index (χ2v) is 8.80. The van der Waals surface area contributed by atoms with Gasteiger partial charge in [-0.1, -0.05) is 49.5 Å². The number of benzene rings is 2. The maximum Gasteiger partial charge on any atom is 0.242 e. The molecule has 6 nitrogen and oxygen atoms in total. The number of halogens is 2. The minimum absolute atomic E-state index is 0.123. The maximum atomic E-state index is 13.3. The van der Waals surface area contributed by atoms with E-state index in [1.807, 2.05) is 31.2 Å². The molecule has 2 amide bonds. The number of hydrogen-bond donors (Lipinski definition) is 1. The van der Waals surface area contributed by atoms with Crippen molar-refractivity contribution in [1.82, 2.24) is 10.2 Å². The van der Waals surface area contributed by atoms with Crippen LogP contribution >= 0.6 is 23.2 Å². The summed E-state index contributed by atoms with van der Waals surface area (Å²) in [5.41, 5.74) is 0.744. The van der Waals surface area contributed by atoms with E-state index in [9.17, 15) is 9.59 Å². The Morgan fingerprint density at radius 1 is 1.03 bits per heavy atom. The van der Waals surface area contributed by atoms with Gasteiger partial charge in [-0.3, -0.25) is 9.59 Å². The van der Waals surface area contributed by atoms with E-state index in [1.54, 1.807) is 30.2 Å². The molecule has 34 heavy (non-hydrogen) atoms. The van der Waals surface area contributed by atoms with Crippen LogP contribution in [0, 0.1) is 0 Å². The number of amides is 2. The third kappa shape index (κ3) is 8.73. The van der Waals surface area contributed by atoms with Crippen molar-refractivity contribution in [1.29, 1.82) is 0 Å². The largest absolute Gasteiger partial charge is 0.497 e. The third-order valence-corrected chi connectivity index (χ3v) is 6.02. The highest BCUT2D eigenvalue weighted by Crippen LogP contribution is 2.24. The van der Waals surface area contributed by atoms with Gasteiger partial charge in [0.25, 0.3) is 0 Å². The summed E-state index contributed by atoms with van der Waals surface area (Å²) < 4.78 is 10.9. The Hall–Kier alpha value is -2.44. The molecule has 8 heteroatoms. The predicted molar refractivity (Wildman–Crippen MR) is 137 cm³/mol. The van der Waals surface area contributed by atoms with Gasteiger partial charge in [-0.05, 0) is 61.2 Å². The molecule has 1 N–H and O–H groups in total. The van der Waals surface area contributed by atoms with Crippen LogP contribution < -0.4 is 14.8 Å². The van der Waals surface area contributed by atoms with Gasteiger partial charge >= 0.3 is 0 Å². The minimum Gasteiger partial charge on any atom is -0.497 e. The first-order valence-corrected chi connectivity index (χ1v) is 12.4. The zero-order valence-electron chi connectivity index (χ0n) is 20.1. The molecule has 0 radical (unpaired) electrons. The molecule has 0 saturated carbocycles. The number of nitrogens with zero attached hydrogens (tertiary/aromatic N) is 1. The van der Waals surface area contributed by atoms with Crippen LogP contribution in [0.25, 0.3) is 0 Å². The van der Waals surface area contributed by atoms with Gasteiger partial charge in [0, 0.05) is 29.6 Å². The van der Waals surface area contributed by atoms with Gasteiger partial charge in [-0.25, -0.2) is 0 Å². The molecule has 2 rings (SSSR count). The molecule has 0 aliphatic carbocycles. The second kappa shape index (κ2) is 14.7. The lowest BCUT2D eigenvalue weighted by atomic mass is 10.1. The van der Waals surface area contributed by atoms with Crippen molar-refractivity contribution < 1.29 is 19.1 Å². The number of hydrogen-bond acceptors (Lipinski definition) is 4. The van der Waals surface area contributed by atoms with Crippen LogP contribution in [0.1, 0.15) is 51.5 Å². The van der Waals surface area contributed by atoms with Crippen LogP contribution in [0.15, 0.2) is 42.5 Å². The van der Waals surface area contributed by atoms with E-state index in [2.05, 4.69) is 12.2 Å². The minimum atomic E-state index is -0.585. The lowest BCUT2D eigenvalue weighted by Gasteiger charge is -2.31. The Labute approximate surface area is 212 Å². The van der Waals surface area contributed by atoms with Crippen LogP contribution in [-0.4, -0.2) is 43.0 Å². The van der Waals surface area contributed by atoms with Crippen LogP contribution in [-0.2, 0) is 16.1 Å². The van der Waals surface area contributed by atoms with Crippen molar-refractivity contribution in [3.63, 3.8) is 0 Å². The Morgan fingerprint density at radius 2 is 1.74 bits per heavy atom. The lowest BCUT2D eigenvalue weighted by Crippen LogP contribution is -2.49. The zero-order chi connectivity index (χ0) is 24.9. The molecular weight excluding hydrogens is 475 g/mol. The molecule has 0 aliphatic rings. The van der Waals surface area contributed by atoms with Crippen LogP contribution in [0.2, 0.25) is 10.0 Å². The van der Waals surface area contributed by atoms with E-state index < -0.39 is 6.04 Å². The first-order chi connectivity index (χ1) is 16.4. The Kier molecular flexibility index (Phi) is 12.1. The monoisotopic (exact) mass is 508 g/mol. The van der Waals surface area contributed by atoms with Crippen molar-refractivity contribution in [3.05, 3.63) is 58.1 Å². The number of ether oxygens (including phenoxy) is 2.